The Balaban J connectivity index is 0. The summed E-state index contributed by atoms with van der Waals surface area (Å²) in [5.41, 5.74) is 0. The molecule has 0 spiro atoms. The third-order valence-corrected chi connectivity index (χ3v) is 2.96. The van der Waals surface area contributed by atoms with E-state index in [9.17, 15) is 0 Å². The summed E-state index contributed by atoms with van der Waals surface area (Å²) in [5.74, 6) is 0. The van der Waals surface area contributed by atoms with Crippen LogP contribution in [-0.4, -0.2) is 30.2 Å². The van der Waals surface area contributed by atoms with Crippen LogP contribution in [-0.2, 0) is 0 Å². The molecule has 0 saturated heterocycles. The van der Waals surface area contributed by atoms with Gasteiger partial charge in [0.25, 0.3) is 0 Å². The number of rotatable bonds is 11. The van der Waals surface area contributed by atoms with Gasteiger partial charge in [-0.05, 0) is 27.1 Å². The summed E-state index contributed by atoms with van der Waals surface area (Å²) in [6.45, 7) is 3.54. The lowest BCUT2D eigenvalue weighted by Crippen LogP contribution is -2.58. The molecular formula is C14H32ClNO4. The van der Waals surface area contributed by atoms with Gasteiger partial charge in [0.05, 0.1) is 14.9 Å². The van der Waals surface area contributed by atoms with Crippen molar-refractivity contribution in [3.8, 4) is 0 Å². The molecule has 124 valence electrons. The Hall–Kier alpha value is 0.0900. The third kappa shape index (κ3) is 36.1. The first-order valence-corrected chi connectivity index (χ1v) is 8.81. The van der Waals surface area contributed by atoms with Crippen molar-refractivity contribution < 1.29 is 28.9 Å². The van der Waals surface area contributed by atoms with Crippen LogP contribution in [0.2, 0.25) is 0 Å². The molecule has 0 fully saturated rings. The monoisotopic (exact) mass is 313 g/mol. The highest BCUT2D eigenvalue weighted by Crippen LogP contribution is 2.10. The molecule has 0 rings (SSSR count). The molecule has 0 aliphatic heterocycles. The smallest absolute Gasteiger partial charge is 0.0777 e. The van der Waals surface area contributed by atoms with Crippen molar-refractivity contribution in [3.05, 3.63) is 0 Å². The molecule has 20 heavy (non-hydrogen) atoms. The molecule has 0 radical (unpaired) electrons. The topological polar surface area (TPSA) is 92.7 Å². The maximum Gasteiger partial charge on any atom is 0.0777 e. The van der Waals surface area contributed by atoms with Crippen molar-refractivity contribution in [2.45, 2.75) is 71.1 Å². The van der Waals surface area contributed by atoms with Gasteiger partial charge in [-0.3, -0.25) is 0 Å². The molecule has 0 aliphatic carbocycles. The van der Waals surface area contributed by atoms with E-state index in [0.717, 1.165) is 0 Å². The van der Waals surface area contributed by atoms with Gasteiger partial charge in [-0.1, -0.05) is 64.7 Å². The second kappa shape index (κ2) is 15.5. The zero-order valence-corrected chi connectivity index (χ0v) is 14.0. The molecule has 0 aliphatic rings. The van der Waals surface area contributed by atoms with Crippen LogP contribution in [0.25, 0.3) is 0 Å². The van der Waals surface area contributed by atoms with E-state index in [-0.39, 0.29) is 0 Å². The largest absolute Gasteiger partial charge is 0.309 e. The van der Waals surface area contributed by atoms with Crippen molar-refractivity contribution in [1.82, 2.24) is 4.90 Å². The fraction of sp³-hybridized carbons (Fsp3) is 1.00. The number of unbranched alkanes of at least 4 members (excludes halogenated alkanes) is 9. The van der Waals surface area contributed by atoms with Gasteiger partial charge in [-0.2, -0.15) is 14.0 Å². The molecule has 0 saturated carbocycles. The number of nitrogens with zero attached hydrogens (tertiary/aromatic N) is 1. The first kappa shape index (κ1) is 22.4. The average molecular weight is 314 g/mol. The zero-order chi connectivity index (χ0) is 15.9. The minimum atomic E-state index is -4.69. The van der Waals surface area contributed by atoms with Crippen LogP contribution in [0, 0.1) is 10.2 Å². The van der Waals surface area contributed by atoms with Gasteiger partial charge in [-0.25, -0.2) is 0 Å². The van der Waals surface area contributed by atoms with Crippen molar-refractivity contribution in [1.29, 1.82) is 0 Å². The maximum absolute atomic E-state index is 8.60. The predicted molar refractivity (Wildman–Crippen MR) is 72.6 cm³/mol. The molecule has 1 N–H and O–H groups in total. The molecule has 0 bridgehead atoms. The second-order valence-electron chi connectivity index (χ2n) is 5.38. The van der Waals surface area contributed by atoms with Crippen molar-refractivity contribution >= 4 is 0 Å². The summed E-state index contributed by atoms with van der Waals surface area (Å²) < 4.78 is 32.7. The van der Waals surface area contributed by atoms with E-state index in [2.05, 4.69) is 25.9 Å². The lowest BCUT2D eigenvalue weighted by atomic mass is 10.1. The fourth-order valence-electron chi connectivity index (χ4n) is 1.92. The number of halogens is 1. The molecule has 0 heterocycles. The molecule has 5 nitrogen and oxygen atoms in total. The van der Waals surface area contributed by atoms with Crippen LogP contribution in [0.4, 0.5) is 0 Å². The van der Waals surface area contributed by atoms with E-state index in [1.165, 1.54) is 70.8 Å². The summed E-state index contributed by atoms with van der Waals surface area (Å²) in [4.78, 5) is 2.28. The maximum atomic E-state index is 8.60. The molecule has 6 heteroatoms. The first-order chi connectivity index (χ1) is 9.27. The van der Waals surface area contributed by atoms with Crippen LogP contribution >= 0.6 is 0 Å². The second-order valence-corrected chi connectivity index (χ2v) is 6.17. The Morgan fingerprint density at radius 1 is 0.750 bits per heavy atom. The van der Waals surface area contributed by atoms with E-state index in [1.807, 2.05) is 0 Å². The van der Waals surface area contributed by atoms with E-state index in [0.29, 0.717) is 0 Å². The Kier molecular flexibility index (Phi) is 17.3. The van der Waals surface area contributed by atoms with Crippen molar-refractivity contribution in [2.75, 3.05) is 20.6 Å². The quantitative estimate of drug-likeness (QED) is 0.555. The standard InChI is InChI=1S/C14H31N.ClHO4/c1-4-5-6-7-8-9-10-11-12-13-14-15(2)3;2-1(3,4)5/h4-14H2,1-3H3;(H,2,3,4,5). The number of hydrogen-bond donors (Lipinski definition) is 1. The lowest BCUT2D eigenvalue weighted by Gasteiger charge is -2.08. The molecular weight excluding hydrogens is 282 g/mol. The lowest BCUT2D eigenvalue weighted by molar-refractivity contribution is -1.92. The number of hydrogen-bond acceptors (Lipinski definition) is 5. The average Bonchev–Trinajstić information content (AvgIpc) is 2.29. The van der Waals surface area contributed by atoms with E-state index < -0.39 is 10.2 Å². The van der Waals surface area contributed by atoms with Crippen LogP contribution in [0.1, 0.15) is 71.1 Å². The van der Waals surface area contributed by atoms with E-state index in [4.69, 9.17) is 18.6 Å². The summed E-state index contributed by atoms with van der Waals surface area (Å²) in [5, 5.41) is 0. The van der Waals surface area contributed by atoms with Gasteiger partial charge in [0, 0.05) is 0 Å². The molecule has 0 unspecified atom stereocenters. The molecule has 0 aromatic rings. The van der Waals surface area contributed by atoms with Gasteiger partial charge >= 0.3 is 0 Å². The minimum absolute atomic E-state index is 1.26. The highest BCUT2D eigenvalue weighted by Gasteiger charge is 1.98. The van der Waals surface area contributed by atoms with Crippen LogP contribution in [0.3, 0.4) is 0 Å². The zero-order valence-electron chi connectivity index (χ0n) is 13.3. The normalized spacial score (nSPS) is 11.4. The summed E-state index contributed by atoms with van der Waals surface area (Å²) >= 11 is 0. The minimum Gasteiger partial charge on any atom is -0.309 e. The highest BCUT2D eigenvalue weighted by atomic mass is 35.7. The van der Waals surface area contributed by atoms with Gasteiger partial charge < -0.3 is 4.90 Å². The van der Waals surface area contributed by atoms with Crippen LogP contribution < -0.4 is 14.0 Å². The fourth-order valence-corrected chi connectivity index (χ4v) is 1.92. The van der Waals surface area contributed by atoms with Gasteiger partial charge in [-0.15, -0.1) is 0 Å². The van der Waals surface area contributed by atoms with Crippen LogP contribution in [0.15, 0.2) is 0 Å². The summed E-state index contributed by atoms with van der Waals surface area (Å²) in [6, 6.07) is 0. The summed E-state index contributed by atoms with van der Waals surface area (Å²) in [6.07, 6.45) is 14.4. The van der Waals surface area contributed by atoms with Crippen molar-refractivity contribution in [2.24, 2.45) is 0 Å². The Morgan fingerprint density at radius 3 is 1.35 bits per heavy atom. The van der Waals surface area contributed by atoms with Crippen molar-refractivity contribution in [3.63, 3.8) is 0 Å². The SMILES string of the molecule is CCCCCCCCCCCCN(C)C.[O-][Cl+3]([O-])([O-])O. The molecule has 0 atom stereocenters. The van der Waals surface area contributed by atoms with Crippen LogP contribution in [0.5, 0.6) is 0 Å². The van der Waals surface area contributed by atoms with E-state index >= 15 is 0 Å². The molecule has 0 amide bonds. The Labute approximate surface area is 126 Å². The Morgan fingerprint density at radius 2 is 1.05 bits per heavy atom. The van der Waals surface area contributed by atoms with Gasteiger partial charge in [0.15, 0.2) is 0 Å². The third-order valence-electron chi connectivity index (χ3n) is 2.96. The molecule has 0 aromatic carbocycles. The van der Waals surface area contributed by atoms with Gasteiger partial charge in [0.2, 0.25) is 0 Å². The van der Waals surface area contributed by atoms with E-state index in [1.54, 1.807) is 0 Å². The predicted octanol–water partition coefficient (Wildman–Crippen LogP) is 0.345. The first-order valence-electron chi connectivity index (χ1n) is 7.55. The van der Waals surface area contributed by atoms with Gasteiger partial charge in [0.1, 0.15) is 0 Å². The molecule has 0 aromatic heterocycles. The highest BCUT2D eigenvalue weighted by molar-refractivity contribution is 4.49. The summed E-state index contributed by atoms with van der Waals surface area (Å²) in [7, 11) is -0.374. The Bertz CT molecular complexity index is 181.